The Bertz CT molecular complexity index is 3270. The number of halogens is 2. The second kappa shape index (κ2) is 19.9. The van der Waals surface area contributed by atoms with E-state index in [4.69, 9.17) is 4.74 Å². The second-order valence-electron chi connectivity index (χ2n) is 18.6. The summed E-state index contributed by atoms with van der Waals surface area (Å²) in [4.78, 5) is 76.4. The van der Waals surface area contributed by atoms with Crippen LogP contribution < -0.4 is 25.6 Å². The summed E-state index contributed by atoms with van der Waals surface area (Å²) >= 11 is 1.40. The highest BCUT2D eigenvalue weighted by Gasteiger charge is 2.44. The minimum atomic E-state index is -3.03. The lowest BCUT2D eigenvalue weighted by molar-refractivity contribution is -0.134. The third kappa shape index (κ3) is 9.85. The third-order valence-electron chi connectivity index (χ3n) is 13.9. The Hall–Kier alpha value is -7.64. The molecule has 0 saturated carbocycles. The van der Waals surface area contributed by atoms with E-state index >= 15 is 8.78 Å². The Morgan fingerprint density at radius 2 is 1.76 bits per heavy atom. The number of para-hydroxylation sites is 1. The number of nitrogens with zero attached hydrogens (tertiary/aromatic N) is 6. The maximum Gasteiger partial charge on any atom is 0.355 e. The van der Waals surface area contributed by atoms with E-state index in [9.17, 15) is 29.1 Å². The average Bonchev–Trinajstić information content (AvgIpc) is 3.92. The molecule has 3 aliphatic rings. The molecule has 2 atom stereocenters. The summed E-state index contributed by atoms with van der Waals surface area (Å²) < 4.78 is 39.9. The highest BCUT2D eigenvalue weighted by molar-refractivity contribution is 7.22. The summed E-state index contributed by atoms with van der Waals surface area (Å²) in [6.07, 6.45) is 1.96. The van der Waals surface area contributed by atoms with Crippen molar-refractivity contribution in [1.82, 2.24) is 30.0 Å². The minimum Gasteiger partial charge on any atom is -0.493 e. The first-order chi connectivity index (χ1) is 34.7. The molecule has 16 nitrogen and oxygen atoms in total. The molecular formula is C53H51F2N9O7S. The van der Waals surface area contributed by atoms with Gasteiger partial charge in [-0.15, -0.1) is 0 Å². The number of pyridine rings is 1. The largest absolute Gasteiger partial charge is 0.493 e. The van der Waals surface area contributed by atoms with Crippen LogP contribution in [0.3, 0.4) is 0 Å². The zero-order valence-electron chi connectivity index (χ0n) is 39.5. The number of piperidine rings is 2. The Labute approximate surface area is 416 Å². The number of amides is 4. The highest BCUT2D eigenvalue weighted by Crippen LogP contribution is 2.38. The van der Waals surface area contributed by atoms with E-state index in [1.165, 1.54) is 16.2 Å². The molecule has 4 N–H and O–H groups in total. The molecule has 7 aromatic rings. The summed E-state index contributed by atoms with van der Waals surface area (Å²) in [6, 6.07) is 27.3. The van der Waals surface area contributed by atoms with Gasteiger partial charge in [0.05, 0.1) is 47.0 Å². The molecule has 0 radical (unpaired) electrons. The zero-order chi connectivity index (χ0) is 50.3. The summed E-state index contributed by atoms with van der Waals surface area (Å²) in [6.45, 7) is 2.45. The lowest BCUT2D eigenvalue weighted by Gasteiger charge is -2.38. The summed E-state index contributed by atoms with van der Waals surface area (Å²) in [5, 5.41) is 24.3. The fourth-order valence-electron chi connectivity index (χ4n) is 10.2. The quantitative estimate of drug-likeness (QED) is 0.0601. The predicted molar refractivity (Wildman–Crippen MR) is 269 cm³/mol. The minimum absolute atomic E-state index is 0.139. The van der Waals surface area contributed by atoms with Crippen LogP contribution in [0.1, 0.15) is 81.3 Å². The number of ether oxygens (including phenoxy) is 1. The smallest absolute Gasteiger partial charge is 0.355 e. The first-order valence-corrected chi connectivity index (χ1v) is 24.7. The number of imide groups is 1. The third-order valence-corrected chi connectivity index (χ3v) is 14.8. The fourth-order valence-corrected chi connectivity index (χ4v) is 11.0. The van der Waals surface area contributed by atoms with Crippen molar-refractivity contribution in [3.63, 3.8) is 0 Å². The van der Waals surface area contributed by atoms with Crippen molar-refractivity contribution in [3.8, 4) is 16.9 Å². The molecule has 6 heterocycles. The topological polar surface area (TPSA) is 201 Å². The van der Waals surface area contributed by atoms with Crippen molar-refractivity contribution < 1.29 is 42.6 Å². The molecule has 1 unspecified atom stereocenters. The molecule has 0 spiro atoms. The Kier molecular flexibility index (Phi) is 13.2. The van der Waals surface area contributed by atoms with Gasteiger partial charge < -0.3 is 20.1 Å². The summed E-state index contributed by atoms with van der Waals surface area (Å²) in [5.74, 6) is -6.16. The van der Waals surface area contributed by atoms with E-state index in [-0.39, 0.29) is 49.9 Å². The number of benzene rings is 4. The number of carboxylic acids is 1. The molecule has 10 rings (SSSR count). The number of thiazole rings is 1. The number of fused-ring (bicyclic) bond motifs is 3. The van der Waals surface area contributed by atoms with Gasteiger partial charge >= 0.3 is 5.97 Å². The molecule has 72 heavy (non-hydrogen) atoms. The highest BCUT2D eigenvalue weighted by atomic mass is 32.1. The molecule has 4 amide bonds. The van der Waals surface area contributed by atoms with E-state index in [2.05, 4.69) is 31.0 Å². The van der Waals surface area contributed by atoms with Crippen LogP contribution in [-0.4, -0.2) is 98.1 Å². The lowest BCUT2D eigenvalue weighted by atomic mass is 9.88. The number of rotatable bonds is 14. The van der Waals surface area contributed by atoms with Crippen LogP contribution in [0.2, 0.25) is 0 Å². The number of aryl methyl sites for hydroxylation is 1. The fraction of sp³-hybridized carbons (Fsp3) is 0.321. The predicted octanol–water partition coefficient (Wildman–Crippen LogP) is 8.34. The summed E-state index contributed by atoms with van der Waals surface area (Å²) in [7, 11) is 1.72. The van der Waals surface area contributed by atoms with Crippen LogP contribution in [0.4, 0.5) is 25.4 Å². The number of aromatic nitrogens is 4. The molecular weight excluding hydrogens is 945 g/mol. The molecule has 3 aliphatic heterocycles. The standard InChI is InChI=1S/C53H51F2N9O7S/c1-30-34(35-17-19-44(58-48(35)51(69)70)64-24-21-31-8-5-11-36(39(31)27-64)49(67)60-52-57-40-12-3-4-14-43(40)72-52)10-6-13-42(30)71-25-7-9-32-22-23-63(29-53(32,54)55)28-46(66)56-33-15-16-37-41(26-33)62(2)61-47(37)38-18-20-45(65)59-50(38)68/h3-6,8,10-17,19,26,32,38H,7,9,18,20-25,27-29H2,1-2H3,(H,56,66)(H,69,70)(H,57,60,67)(H,59,65,68)/t32-,38?/m0/s1. The number of likely N-dealkylation sites (tertiary alicyclic amines) is 1. The van der Waals surface area contributed by atoms with Gasteiger partial charge in [0.2, 0.25) is 17.7 Å². The number of carboxylic acid groups (broad SMARTS) is 1. The van der Waals surface area contributed by atoms with Crippen molar-refractivity contribution in [2.75, 3.05) is 48.3 Å². The van der Waals surface area contributed by atoms with Gasteiger partial charge in [-0.2, -0.15) is 5.10 Å². The van der Waals surface area contributed by atoms with Gasteiger partial charge in [0.15, 0.2) is 10.8 Å². The van der Waals surface area contributed by atoms with E-state index in [1.54, 1.807) is 66.3 Å². The SMILES string of the molecule is Cc1c(OCCC[C@H]2CCN(CC(=O)Nc3ccc4c(C5CCC(=O)NC5=O)nn(C)c4c3)CC2(F)F)cccc1-c1ccc(N2CCc3cccc(C(=O)Nc4nc5ccccc5s4)c3C2)nc1C(=O)O. The number of hydrogen-bond acceptors (Lipinski definition) is 12. The number of aromatic carboxylic acids is 1. The maximum absolute atomic E-state index is 15.6. The monoisotopic (exact) mass is 995 g/mol. The van der Waals surface area contributed by atoms with E-state index in [0.717, 1.165) is 26.7 Å². The molecule has 3 aromatic heterocycles. The molecule has 4 aromatic carbocycles. The van der Waals surface area contributed by atoms with Crippen molar-refractivity contribution in [3.05, 3.63) is 125 Å². The Morgan fingerprint density at radius 3 is 2.57 bits per heavy atom. The maximum atomic E-state index is 15.6. The molecule has 0 aliphatic carbocycles. The number of carbonyl (C=O) groups is 5. The molecule has 2 saturated heterocycles. The van der Waals surface area contributed by atoms with Gasteiger partial charge in [0, 0.05) is 54.7 Å². The van der Waals surface area contributed by atoms with Crippen LogP contribution in [-0.2, 0) is 34.4 Å². The first kappa shape index (κ1) is 48.0. The van der Waals surface area contributed by atoms with E-state index in [1.807, 2.05) is 48.2 Å². The van der Waals surface area contributed by atoms with Crippen LogP contribution in [0.15, 0.2) is 91.0 Å². The van der Waals surface area contributed by atoms with Crippen LogP contribution in [0, 0.1) is 12.8 Å². The Morgan fingerprint density at radius 1 is 0.931 bits per heavy atom. The lowest BCUT2D eigenvalue weighted by Crippen LogP contribution is -2.50. The molecule has 370 valence electrons. The van der Waals surface area contributed by atoms with Crippen LogP contribution in [0.5, 0.6) is 5.75 Å². The summed E-state index contributed by atoms with van der Waals surface area (Å²) in [5.41, 5.74) is 6.43. The van der Waals surface area contributed by atoms with E-state index < -0.39 is 42.1 Å². The number of nitrogens with one attached hydrogen (secondary N) is 3. The van der Waals surface area contributed by atoms with Gasteiger partial charge in [-0.3, -0.25) is 39.4 Å². The van der Waals surface area contributed by atoms with E-state index in [0.29, 0.717) is 94.7 Å². The zero-order valence-corrected chi connectivity index (χ0v) is 40.4. The van der Waals surface area contributed by atoms with Gasteiger partial charge in [0.1, 0.15) is 11.6 Å². The normalized spacial score (nSPS) is 17.9. The molecule has 19 heteroatoms. The number of alkyl halides is 2. The van der Waals surface area contributed by atoms with Gasteiger partial charge in [-0.05, 0) is 122 Å². The average molecular weight is 996 g/mol. The van der Waals surface area contributed by atoms with Crippen molar-refractivity contribution in [2.45, 2.75) is 63.8 Å². The van der Waals surface area contributed by atoms with Gasteiger partial charge in [-0.25, -0.2) is 23.5 Å². The number of hydrogen-bond donors (Lipinski definition) is 4. The Balaban J connectivity index is 0.729. The molecule has 2 fully saturated rings. The van der Waals surface area contributed by atoms with Gasteiger partial charge in [0.25, 0.3) is 11.8 Å². The second-order valence-corrected chi connectivity index (χ2v) is 19.6. The van der Waals surface area contributed by atoms with Crippen LogP contribution in [0.25, 0.3) is 32.2 Å². The first-order valence-electron chi connectivity index (χ1n) is 23.9. The number of carbonyl (C=O) groups excluding carboxylic acids is 4. The van der Waals surface area contributed by atoms with Crippen molar-refractivity contribution in [1.29, 1.82) is 0 Å². The number of anilines is 3. The van der Waals surface area contributed by atoms with Gasteiger partial charge in [-0.1, -0.05) is 47.7 Å². The molecule has 0 bridgehead atoms. The van der Waals surface area contributed by atoms with Crippen molar-refractivity contribution in [2.24, 2.45) is 13.0 Å². The van der Waals surface area contributed by atoms with Crippen molar-refractivity contribution >= 4 is 78.7 Å². The van der Waals surface area contributed by atoms with Crippen LogP contribution >= 0.6 is 11.3 Å².